The molecule has 0 aliphatic rings. The fraction of sp³-hybridized carbons (Fsp3) is 0.462. The second kappa shape index (κ2) is 7.29. The third-order valence-corrected chi connectivity index (χ3v) is 2.52. The topological polar surface area (TPSA) is 26.3 Å². The van der Waals surface area contributed by atoms with Gasteiger partial charge in [0.15, 0.2) is 0 Å². The van der Waals surface area contributed by atoms with Crippen molar-refractivity contribution in [3.05, 3.63) is 34.9 Å². The largest absolute Gasteiger partial charge is 0.465 e. The highest BCUT2D eigenvalue weighted by atomic mass is 35.5. The van der Waals surface area contributed by atoms with Crippen LogP contribution in [0.3, 0.4) is 0 Å². The highest BCUT2D eigenvalue weighted by Gasteiger charge is 2.04. The minimum atomic E-state index is -0.168. The molecule has 0 radical (unpaired) electrons. The highest BCUT2D eigenvalue weighted by Crippen LogP contribution is 2.10. The summed E-state index contributed by atoms with van der Waals surface area (Å²) in [5.41, 5.74) is 0.935. The van der Waals surface area contributed by atoms with Crippen LogP contribution in [-0.2, 0) is 16.0 Å². The summed E-state index contributed by atoms with van der Waals surface area (Å²) in [6, 6.07) is 7.24. The van der Waals surface area contributed by atoms with E-state index in [1.54, 1.807) is 12.1 Å². The van der Waals surface area contributed by atoms with Gasteiger partial charge in [-0.3, -0.25) is 4.79 Å². The molecule has 0 saturated heterocycles. The standard InChI is InChI=1S/C13H17ClO2/c1-2-3-4-9-16-13(15)10-11-5-7-12(14)8-6-11/h5-8H,2-4,9-10H2,1H3. The molecule has 0 aliphatic carbocycles. The van der Waals surface area contributed by atoms with Crippen LogP contribution in [0.5, 0.6) is 0 Å². The minimum absolute atomic E-state index is 0.168. The second-order valence-electron chi connectivity index (χ2n) is 3.73. The number of carbonyl (C=O) groups is 1. The molecule has 1 rings (SSSR count). The summed E-state index contributed by atoms with van der Waals surface area (Å²) in [6.07, 6.45) is 3.51. The van der Waals surface area contributed by atoms with E-state index >= 15 is 0 Å². The van der Waals surface area contributed by atoms with E-state index in [2.05, 4.69) is 6.92 Å². The van der Waals surface area contributed by atoms with Crippen molar-refractivity contribution in [2.24, 2.45) is 0 Å². The lowest BCUT2D eigenvalue weighted by Crippen LogP contribution is -2.08. The van der Waals surface area contributed by atoms with Crippen LogP contribution in [0.1, 0.15) is 31.7 Å². The van der Waals surface area contributed by atoms with Gasteiger partial charge in [0.2, 0.25) is 0 Å². The van der Waals surface area contributed by atoms with Crippen LogP contribution >= 0.6 is 11.6 Å². The minimum Gasteiger partial charge on any atom is -0.465 e. The fourth-order valence-electron chi connectivity index (χ4n) is 1.36. The van der Waals surface area contributed by atoms with Gasteiger partial charge in [0.05, 0.1) is 13.0 Å². The lowest BCUT2D eigenvalue weighted by atomic mass is 10.1. The molecule has 0 N–H and O–H groups in total. The zero-order valence-electron chi connectivity index (χ0n) is 9.54. The Morgan fingerprint density at radius 1 is 1.25 bits per heavy atom. The Bertz CT molecular complexity index is 319. The normalized spacial score (nSPS) is 10.1. The van der Waals surface area contributed by atoms with Crippen molar-refractivity contribution in [2.75, 3.05) is 6.61 Å². The Kier molecular flexibility index (Phi) is 5.94. The smallest absolute Gasteiger partial charge is 0.310 e. The van der Waals surface area contributed by atoms with E-state index in [9.17, 15) is 4.79 Å². The first-order chi connectivity index (χ1) is 7.72. The molecule has 1 aromatic rings. The zero-order valence-corrected chi connectivity index (χ0v) is 10.3. The van der Waals surface area contributed by atoms with Crippen molar-refractivity contribution in [3.8, 4) is 0 Å². The fourth-order valence-corrected chi connectivity index (χ4v) is 1.48. The molecule has 16 heavy (non-hydrogen) atoms. The third-order valence-electron chi connectivity index (χ3n) is 2.27. The van der Waals surface area contributed by atoms with Crippen LogP contribution in [0.2, 0.25) is 5.02 Å². The quantitative estimate of drug-likeness (QED) is 0.561. The molecule has 1 aromatic carbocycles. The van der Waals surface area contributed by atoms with Gasteiger partial charge in [-0.05, 0) is 24.1 Å². The van der Waals surface area contributed by atoms with Gasteiger partial charge in [-0.2, -0.15) is 0 Å². The molecule has 0 bridgehead atoms. The van der Waals surface area contributed by atoms with Crippen LogP contribution in [0.25, 0.3) is 0 Å². The van der Waals surface area contributed by atoms with Crippen LogP contribution in [0, 0.1) is 0 Å². The first-order valence-corrected chi connectivity index (χ1v) is 6.00. The van der Waals surface area contributed by atoms with E-state index in [1.165, 1.54) is 0 Å². The first kappa shape index (κ1) is 13.0. The molecule has 2 nitrogen and oxygen atoms in total. The number of esters is 1. The number of unbranched alkanes of at least 4 members (excludes halogenated alkanes) is 2. The van der Waals surface area contributed by atoms with Gasteiger partial charge in [0.1, 0.15) is 0 Å². The number of benzene rings is 1. The van der Waals surface area contributed by atoms with Gasteiger partial charge in [0.25, 0.3) is 0 Å². The van der Waals surface area contributed by atoms with Crippen molar-refractivity contribution in [2.45, 2.75) is 32.6 Å². The van der Waals surface area contributed by atoms with E-state index in [0.717, 1.165) is 24.8 Å². The van der Waals surface area contributed by atoms with Gasteiger partial charge < -0.3 is 4.74 Å². The molecule has 0 heterocycles. The number of carbonyl (C=O) groups excluding carboxylic acids is 1. The Balaban J connectivity index is 2.26. The lowest BCUT2D eigenvalue weighted by molar-refractivity contribution is -0.142. The van der Waals surface area contributed by atoms with Crippen LogP contribution < -0.4 is 0 Å². The molecular formula is C13H17ClO2. The third kappa shape index (κ3) is 5.17. The summed E-state index contributed by atoms with van der Waals surface area (Å²) in [6.45, 7) is 2.65. The van der Waals surface area contributed by atoms with Crippen molar-refractivity contribution in [1.82, 2.24) is 0 Å². The molecule has 0 spiro atoms. The molecule has 3 heteroatoms. The number of hydrogen-bond acceptors (Lipinski definition) is 2. The molecule has 0 atom stereocenters. The summed E-state index contributed by atoms with van der Waals surface area (Å²) in [5, 5.41) is 0.681. The van der Waals surface area contributed by atoms with Crippen LogP contribution in [0.15, 0.2) is 24.3 Å². The molecule has 0 unspecified atom stereocenters. The van der Waals surface area contributed by atoms with Crippen LogP contribution in [0.4, 0.5) is 0 Å². The highest BCUT2D eigenvalue weighted by molar-refractivity contribution is 6.30. The molecule has 0 fully saturated rings. The monoisotopic (exact) mass is 240 g/mol. The summed E-state index contributed by atoms with van der Waals surface area (Å²) in [5.74, 6) is -0.168. The van der Waals surface area contributed by atoms with Gasteiger partial charge in [-0.15, -0.1) is 0 Å². The van der Waals surface area contributed by atoms with E-state index in [-0.39, 0.29) is 5.97 Å². The van der Waals surface area contributed by atoms with E-state index in [4.69, 9.17) is 16.3 Å². The second-order valence-corrected chi connectivity index (χ2v) is 4.17. The van der Waals surface area contributed by atoms with Crippen molar-refractivity contribution in [1.29, 1.82) is 0 Å². The van der Waals surface area contributed by atoms with E-state index in [0.29, 0.717) is 18.1 Å². The summed E-state index contributed by atoms with van der Waals surface area (Å²) in [7, 11) is 0. The molecule has 0 amide bonds. The predicted octanol–water partition coefficient (Wildman–Crippen LogP) is 3.62. The van der Waals surface area contributed by atoms with E-state index < -0.39 is 0 Å². The van der Waals surface area contributed by atoms with Gasteiger partial charge in [-0.1, -0.05) is 43.5 Å². The van der Waals surface area contributed by atoms with Crippen molar-refractivity contribution < 1.29 is 9.53 Å². The Hall–Kier alpha value is -1.02. The maximum absolute atomic E-state index is 11.4. The van der Waals surface area contributed by atoms with E-state index in [1.807, 2.05) is 12.1 Å². The van der Waals surface area contributed by atoms with Gasteiger partial charge in [0, 0.05) is 5.02 Å². The van der Waals surface area contributed by atoms with Gasteiger partial charge >= 0.3 is 5.97 Å². The predicted molar refractivity (Wildman–Crippen MR) is 65.6 cm³/mol. The average Bonchev–Trinajstić information content (AvgIpc) is 2.28. The molecular weight excluding hydrogens is 224 g/mol. The Morgan fingerprint density at radius 2 is 1.94 bits per heavy atom. The maximum atomic E-state index is 11.4. The van der Waals surface area contributed by atoms with Crippen molar-refractivity contribution in [3.63, 3.8) is 0 Å². The number of rotatable bonds is 6. The molecule has 88 valence electrons. The summed E-state index contributed by atoms with van der Waals surface area (Å²) in [4.78, 5) is 11.4. The SMILES string of the molecule is CCCCCOC(=O)Cc1ccc(Cl)cc1. The zero-order chi connectivity index (χ0) is 11.8. The number of ether oxygens (including phenoxy) is 1. The summed E-state index contributed by atoms with van der Waals surface area (Å²) < 4.78 is 5.11. The van der Waals surface area contributed by atoms with Crippen molar-refractivity contribution >= 4 is 17.6 Å². The first-order valence-electron chi connectivity index (χ1n) is 5.62. The molecule has 0 aromatic heterocycles. The number of halogens is 1. The molecule has 0 saturated carbocycles. The van der Waals surface area contributed by atoms with Crippen LogP contribution in [-0.4, -0.2) is 12.6 Å². The summed E-state index contributed by atoms with van der Waals surface area (Å²) >= 11 is 5.75. The average molecular weight is 241 g/mol. The maximum Gasteiger partial charge on any atom is 0.310 e. The lowest BCUT2D eigenvalue weighted by Gasteiger charge is -2.04. The molecule has 0 aliphatic heterocycles. The Morgan fingerprint density at radius 3 is 2.56 bits per heavy atom. The Labute approximate surface area is 102 Å². The van der Waals surface area contributed by atoms with Gasteiger partial charge in [-0.25, -0.2) is 0 Å². The number of hydrogen-bond donors (Lipinski definition) is 0.